The molecule has 0 saturated carbocycles. The van der Waals surface area contributed by atoms with E-state index in [1.165, 1.54) is 6.07 Å². The van der Waals surface area contributed by atoms with Crippen LogP contribution in [0.25, 0.3) is 0 Å². The summed E-state index contributed by atoms with van der Waals surface area (Å²) in [6, 6.07) is 4.86. The second kappa shape index (κ2) is 6.47. The van der Waals surface area contributed by atoms with Gasteiger partial charge >= 0.3 is 0 Å². The molecule has 1 rings (SSSR count). The molecule has 1 aromatic rings. The van der Waals surface area contributed by atoms with Gasteiger partial charge < -0.3 is 10.2 Å². The lowest BCUT2D eigenvalue weighted by atomic mass is 9.79. The average Bonchev–Trinajstić information content (AvgIpc) is 2.32. The zero-order valence-corrected chi connectivity index (χ0v) is 11.5. The molecular weight excluding hydrogens is 287 g/mol. The minimum Gasteiger partial charge on any atom is -0.396 e. The van der Waals surface area contributed by atoms with Crippen molar-refractivity contribution >= 4 is 15.9 Å². The molecule has 0 aliphatic rings. The predicted octanol–water partition coefficient (Wildman–Crippen LogP) is 2.90. The standard InChI is InChI=1S/C13H18BrFO2/c1-2-5-13(8-16,9-17)7-10-3-4-11(14)6-12(10)15/h3-4,6,16-17H,2,5,7-9H2,1H3. The number of halogens is 2. The number of aliphatic hydroxyl groups is 2. The maximum atomic E-state index is 13.7. The molecule has 0 fully saturated rings. The molecule has 0 saturated heterocycles. The number of rotatable bonds is 6. The monoisotopic (exact) mass is 304 g/mol. The second-order valence-electron chi connectivity index (χ2n) is 4.48. The molecule has 0 aliphatic carbocycles. The molecular formula is C13H18BrFO2. The van der Waals surface area contributed by atoms with E-state index in [-0.39, 0.29) is 19.0 Å². The minimum atomic E-state index is -0.622. The largest absolute Gasteiger partial charge is 0.396 e. The number of hydrogen-bond donors (Lipinski definition) is 2. The van der Waals surface area contributed by atoms with E-state index in [1.54, 1.807) is 12.1 Å². The van der Waals surface area contributed by atoms with Crippen LogP contribution >= 0.6 is 15.9 Å². The summed E-state index contributed by atoms with van der Waals surface area (Å²) in [5.74, 6) is -0.304. The Labute approximate surface area is 110 Å². The van der Waals surface area contributed by atoms with Crippen molar-refractivity contribution in [3.8, 4) is 0 Å². The van der Waals surface area contributed by atoms with Crippen molar-refractivity contribution in [2.24, 2.45) is 5.41 Å². The molecule has 96 valence electrons. The van der Waals surface area contributed by atoms with Crippen LogP contribution in [0.15, 0.2) is 22.7 Å². The highest BCUT2D eigenvalue weighted by molar-refractivity contribution is 9.10. The summed E-state index contributed by atoms with van der Waals surface area (Å²) in [7, 11) is 0. The van der Waals surface area contributed by atoms with Crippen LogP contribution in [0.4, 0.5) is 4.39 Å². The van der Waals surface area contributed by atoms with E-state index in [9.17, 15) is 14.6 Å². The van der Waals surface area contributed by atoms with Gasteiger partial charge in [-0.05, 0) is 30.5 Å². The van der Waals surface area contributed by atoms with Gasteiger partial charge in [0.25, 0.3) is 0 Å². The van der Waals surface area contributed by atoms with Crippen LogP contribution in [-0.2, 0) is 6.42 Å². The molecule has 0 unspecified atom stereocenters. The van der Waals surface area contributed by atoms with Gasteiger partial charge in [0, 0.05) is 9.89 Å². The summed E-state index contributed by atoms with van der Waals surface area (Å²) >= 11 is 3.20. The summed E-state index contributed by atoms with van der Waals surface area (Å²) in [6.45, 7) is 1.72. The van der Waals surface area contributed by atoms with Gasteiger partial charge in [-0.3, -0.25) is 0 Å². The van der Waals surface area contributed by atoms with Crippen LogP contribution in [0.5, 0.6) is 0 Å². The molecule has 0 aromatic heterocycles. The number of aliphatic hydroxyl groups excluding tert-OH is 2. The predicted molar refractivity (Wildman–Crippen MR) is 69.3 cm³/mol. The zero-order valence-electron chi connectivity index (χ0n) is 9.92. The SMILES string of the molecule is CCCC(CO)(CO)Cc1ccc(Br)cc1F. The summed E-state index contributed by atoms with van der Waals surface area (Å²) in [4.78, 5) is 0. The molecule has 4 heteroatoms. The average molecular weight is 305 g/mol. The molecule has 17 heavy (non-hydrogen) atoms. The van der Waals surface area contributed by atoms with Gasteiger partial charge in [-0.25, -0.2) is 4.39 Å². The third-order valence-corrected chi connectivity index (χ3v) is 3.52. The smallest absolute Gasteiger partial charge is 0.127 e. The Morgan fingerprint density at radius 3 is 2.41 bits per heavy atom. The summed E-state index contributed by atoms with van der Waals surface area (Å²) in [6.07, 6.45) is 1.88. The van der Waals surface area contributed by atoms with Crippen LogP contribution in [0.1, 0.15) is 25.3 Å². The second-order valence-corrected chi connectivity index (χ2v) is 5.39. The maximum Gasteiger partial charge on any atom is 0.127 e. The van der Waals surface area contributed by atoms with Crippen LogP contribution in [0, 0.1) is 11.2 Å². The molecule has 0 bridgehead atoms. The summed E-state index contributed by atoms with van der Waals surface area (Å²) in [5, 5.41) is 18.8. The normalized spacial score (nSPS) is 11.8. The van der Waals surface area contributed by atoms with Crippen molar-refractivity contribution in [1.82, 2.24) is 0 Å². The highest BCUT2D eigenvalue weighted by Crippen LogP contribution is 2.29. The van der Waals surface area contributed by atoms with Gasteiger partial charge in [0.05, 0.1) is 13.2 Å². The third-order valence-electron chi connectivity index (χ3n) is 3.03. The van der Waals surface area contributed by atoms with E-state index in [1.807, 2.05) is 6.92 Å². The fourth-order valence-electron chi connectivity index (χ4n) is 2.01. The molecule has 1 aromatic carbocycles. The Balaban J connectivity index is 2.92. The Morgan fingerprint density at radius 2 is 1.94 bits per heavy atom. The highest BCUT2D eigenvalue weighted by atomic mass is 79.9. The van der Waals surface area contributed by atoms with Crippen LogP contribution < -0.4 is 0 Å². The van der Waals surface area contributed by atoms with Crippen molar-refractivity contribution in [1.29, 1.82) is 0 Å². The Kier molecular flexibility index (Phi) is 5.56. The Hall–Kier alpha value is -0.450. The third kappa shape index (κ3) is 3.76. The number of hydrogen-bond acceptors (Lipinski definition) is 2. The van der Waals surface area contributed by atoms with E-state index in [2.05, 4.69) is 15.9 Å². The zero-order chi connectivity index (χ0) is 12.9. The summed E-state index contributed by atoms with van der Waals surface area (Å²) in [5.41, 5.74) is -0.0894. The van der Waals surface area contributed by atoms with Gasteiger partial charge in [-0.2, -0.15) is 0 Å². The molecule has 0 radical (unpaired) electrons. The van der Waals surface area contributed by atoms with E-state index >= 15 is 0 Å². The molecule has 0 amide bonds. The quantitative estimate of drug-likeness (QED) is 0.848. The molecule has 0 aliphatic heterocycles. The number of benzene rings is 1. The molecule has 0 atom stereocenters. The van der Waals surface area contributed by atoms with Crippen molar-refractivity contribution in [3.63, 3.8) is 0 Å². The van der Waals surface area contributed by atoms with Crippen molar-refractivity contribution in [2.45, 2.75) is 26.2 Å². The van der Waals surface area contributed by atoms with Crippen LogP contribution in [0.2, 0.25) is 0 Å². The Bertz CT molecular complexity index is 364. The first-order valence-electron chi connectivity index (χ1n) is 5.72. The van der Waals surface area contributed by atoms with Crippen molar-refractivity contribution < 1.29 is 14.6 Å². The van der Waals surface area contributed by atoms with E-state index in [0.29, 0.717) is 22.9 Å². The van der Waals surface area contributed by atoms with E-state index in [4.69, 9.17) is 0 Å². The molecule has 0 heterocycles. The fraction of sp³-hybridized carbons (Fsp3) is 0.538. The van der Waals surface area contributed by atoms with Gasteiger partial charge in [-0.15, -0.1) is 0 Å². The van der Waals surface area contributed by atoms with Gasteiger partial charge in [-0.1, -0.05) is 35.3 Å². The Morgan fingerprint density at radius 1 is 1.29 bits per heavy atom. The summed E-state index contributed by atoms with van der Waals surface area (Å²) < 4.78 is 14.4. The van der Waals surface area contributed by atoms with Crippen LogP contribution in [-0.4, -0.2) is 23.4 Å². The van der Waals surface area contributed by atoms with E-state index < -0.39 is 5.41 Å². The van der Waals surface area contributed by atoms with Crippen LogP contribution in [0.3, 0.4) is 0 Å². The topological polar surface area (TPSA) is 40.5 Å². The van der Waals surface area contributed by atoms with Crippen molar-refractivity contribution in [2.75, 3.05) is 13.2 Å². The highest BCUT2D eigenvalue weighted by Gasteiger charge is 2.29. The van der Waals surface area contributed by atoms with Gasteiger partial charge in [0.2, 0.25) is 0 Å². The fourth-order valence-corrected chi connectivity index (χ4v) is 2.34. The lowest BCUT2D eigenvalue weighted by Gasteiger charge is -2.29. The maximum absolute atomic E-state index is 13.7. The first-order chi connectivity index (χ1) is 8.06. The molecule has 0 spiro atoms. The molecule has 2 N–H and O–H groups in total. The first-order valence-corrected chi connectivity index (χ1v) is 6.52. The van der Waals surface area contributed by atoms with Gasteiger partial charge in [0.1, 0.15) is 5.82 Å². The first kappa shape index (κ1) is 14.6. The minimum absolute atomic E-state index is 0.132. The lowest BCUT2D eigenvalue weighted by Crippen LogP contribution is -2.32. The molecule has 2 nitrogen and oxygen atoms in total. The lowest BCUT2D eigenvalue weighted by molar-refractivity contribution is 0.0460. The van der Waals surface area contributed by atoms with Gasteiger partial charge in [0.15, 0.2) is 0 Å². The van der Waals surface area contributed by atoms with Crippen molar-refractivity contribution in [3.05, 3.63) is 34.1 Å². The van der Waals surface area contributed by atoms with E-state index in [0.717, 1.165) is 6.42 Å².